The van der Waals surface area contributed by atoms with E-state index < -0.39 is 17.6 Å². The van der Waals surface area contributed by atoms with Crippen LogP contribution in [0.25, 0.3) is 0 Å². The Labute approximate surface area is 174 Å². The molecule has 1 aromatic rings. The Morgan fingerprint density at radius 3 is 2.56 bits per heavy atom. The summed E-state index contributed by atoms with van der Waals surface area (Å²) in [6, 6.07) is 2.96. The largest absolute Gasteiger partial charge is 0.416 e. The van der Waals surface area contributed by atoms with Crippen molar-refractivity contribution < 1.29 is 17.6 Å². The summed E-state index contributed by atoms with van der Waals surface area (Å²) in [6.45, 7) is 3.38. The van der Waals surface area contributed by atoms with Crippen molar-refractivity contribution in [3.8, 4) is 0 Å². The third-order valence-corrected chi connectivity index (χ3v) is 4.53. The van der Waals surface area contributed by atoms with Gasteiger partial charge in [0.25, 0.3) is 0 Å². The molecule has 10 heteroatoms. The highest BCUT2D eigenvalue weighted by Gasteiger charge is 2.33. The molecular formula is C17H26F4IN5. The number of rotatable bonds is 4. The van der Waals surface area contributed by atoms with Crippen LogP contribution in [0.4, 0.5) is 17.6 Å². The van der Waals surface area contributed by atoms with Gasteiger partial charge in [0, 0.05) is 45.8 Å². The van der Waals surface area contributed by atoms with Crippen LogP contribution in [0.15, 0.2) is 23.2 Å². The molecule has 1 aromatic carbocycles. The fourth-order valence-electron chi connectivity index (χ4n) is 2.90. The molecule has 2 N–H and O–H groups in total. The Balaban J connectivity index is 0.00000364. The van der Waals surface area contributed by atoms with Crippen LogP contribution in [0.1, 0.15) is 11.1 Å². The minimum atomic E-state index is -4.61. The van der Waals surface area contributed by atoms with Gasteiger partial charge in [-0.2, -0.15) is 13.2 Å². The topological polar surface area (TPSA) is 42.9 Å². The molecule has 5 nitrogen and oxygen atoms in total. The zero-order valence-electron chi connectivity index (χ0n) is 15.6. The van der Waals surface area contributed by atoms with Gasteiger partial charge in [-0.15, -0.1) is 24.0 Å². The Morgan fingerprint density at radius 1 is 1.22 bits per heavy atom. The minimum Gasteiger partial charge on any atom is -0.355 e. The molecule has 1 aliphatic heterocycles. The first-order valence-corrected chi connectivity index (χ1v) is 8.39. The van der Waals surface area contributed by atoms with Crippen molar-refractivity contribution in [2.24, 2.45) is 4.99 Å². The molecular weight excluding hydrogens is 477 g/mol. The summed E-state index contributed by atoms with van der Waals surface area (Å²) in [5, 5.41) is 6.01. The van der Waals surface area contributed by atoms with Gasteiger partial charge in [-0.1, -0.05) is 6.07 Å². The van der Waals surface area contributed by atoms with Crippen molar-refractivity contribution >= 4 is 29.9 Å². The molecule has 2 rings (SSSR count). The predicted molar refractivity (Wildman–Crippen MR) is 109 cm³/mol. The van der Waals surface area contributed by atoms with Crippen LogP contribution in [0, 0.1) is 5.82 Å². The normalized spacial score (nSPS) is 19.5. The number of hydrogen-bond donors (Lipinski definition) is 2. The molecule has 0 saturated carbocycles. The van der Waals surface area contributed by atoms with Gasteiger partial charge in [-0.25, -0.2) is 4.39 Å². The maximum Gasteiger partial charge on any atom is 0.416 e. The Bertz CT molecular complexity index is 638. The van der Waals surface area contributed by atoms with Gasteiger partial charge in [0.1, 0.15) is 5.82 Å². The molecule has 1 heterocycles. The van der Waals surface area contributed by atoms with Crippen LogP contribution in [-0.2, 0) is 12.7 Å². The highest BCUT2D eigenvalue weighted by molar-refractivity contribution is 14.0. The van der Waals surface area contributed by atoms with Gasteiger partial charge in [-0.3, -0.25) is 9.89 Å². The highest BCUT2D eigenvalue weighted by Crippen LogP contribution is 2.32. The van der Waals surface area contributed by atoms with E-state index in [9.17, 15) is 17.6 Å². The molecule has 1 atom stereocenters. The van der Waals surface area contributed by atoms with E-state index in [-0.39, 0.29) is 42.1 Å². The van der Waals surface area contributed by atoms with E-state index >= 15 is 0 Å². The molecule has 0 bridgehead atoms. The Hall–Kier alpha value is -1.14. The van der Waals surface area contributed by atoms with E-state index in [1.807, 2.05) is 7.05 Å². The smallest absolute Gasteiger partial charge is 0.355 e. The van der Waals surface area contributed by atoms with Crippen LogP contribution >= 0.6 is 24.0 Å². The summed E-state index contributed by atoms with van der Waals surface area (Å²) in [4.78, 5) is 8.52. The second-order valence-electron chi connectivity index (χ2n) is 6.50. The van der Waals surface area contributed by atoms with Gasteiger partial charge in [0.05, 0.1) is 5.56 Å². The van der Waals surface area contributed by atoms with E-state index in [0.29, 0.717) is 18.6 Å². The van der Waals surface area contributed by atoms with Gasteiger partial charge in [-0.05, 0) is 31.8 Å². The number of hydrogen-bond acceptors (Lipinski definition) is 3. The summed E-state index contributed by atoms with van der Waals surface area (Å²) >= 11 is 0. The Morgan fingerprint density at radius 2 is 1.93 bits per heavy atom. The highest BCUT2D eigenvalue weighted by atomic mass is 127. The number of halogens is 5. The van der Waals surface area contributed by atoms with Crippen molar-refractivity contribution in [2.45, 2.75) is 18.8 Å². The predicted octanol–water partition coefficient (Wildman–Crippen LogP) is 2.37. The number of nitrogens with zero attached hydrogens (tertiary/aromatic N) is 3. The molecule has 1 unspecified atom stereocenters. The quantitative estimate of drug-likeness (QED) is 0.287. The fraction of sp³-hybridized carbons (Fsp3) is 0.588. The zero-order chi connectivity index (χ0) is 19.3. The van der Waals surface area contributed by atoms with E-state index in [2.05, 4.69) is 32.5 Å². The van der Waals surface area contributed by atoms with Gasteiger partial charge in [0.2, 0.25) is 0 Å². The molecule has 0 spiro atoms. The van der Waals surface area contributed by atoms with Crippen LogP contribution in [0.5, 0.6) is 0 Å². The number of guanidine groups is 1. The van der Waals surface area contributed by atoms with Gasteiger partial charge < -0.3 is 15.5 Å². The number of likely N-dealkylation sites (N-methyl/N-ethyl adjacent to an activating group) is 2. The van der Waals surface area contributed by atoms with Crippen molar-refractivity contribution in [1.82, 2.24) is 20.4 Å². The number of aliphatic imine (C=N–C) groups is 1. The van der Waals surface area contributed by atoms with Crippen molar-refractivity contribution in [3.63, 3.8) is 0 Å². The molecule has 0 aromatic heterocycles. The lowest BCUT2D eigenvalue weighted by molar-refractivity contribution is -0.138. The van der Waals surface area contributed by atoms with Crippen LogP contribution in [0.3, 0.4) is 0 Å². The number of alkyl halides is 3. The molecule has 0 aliphatic carbocycles. The lowest BCUT2D eigenvalue weighted by Gasteiger charge is -2.37. The average Bonchev–Trinajstić information content (AvgIpc) is 2.58. The van der Waals surface area contributed by atoms with Crippen LogP contribution in [-0.4, -0.2) is 69.1 Å². The molecule has 0 amide bonds. The average molecular weight is 503 g/mol. The fourth-order valence-corrected chi connectivity index (χ4v) is 2.90. The SMILES string of the molecule is CN=C(NCc1ccc(F)cc1C(F)(F)F)NCC1CN(C)CCN1C.I. The second-order valence-corrected chi connectivity index (χ2v) is 6.50. The van der Waals surface area contributed by atoms with Crippen LogP contribution < -0.4 is 10.6 Å². The first kappa shape index (κ1) is 23.9. The third kappa shape index (κ3) is 7.07. The first-order chi connectivity index (χ1) is 12.2. The van der Waals surface area contributed by atoms with Crippen LogP contribution in [0.2, 0.25) is 0 Å². The maximum absolute atomic E-state index is 13.2. The molecule has 1 fully saturated rings. The number of benzene rings is 1. The summed E-state index contributed by atoms with van der Waals surface area (Å²) in [6.07, 6.45) is -4.61. The molecule has 154 valence electrons. The van der Waals surface area contributed by atoms with Gasteiger partial charge >= 0.3 is 6.18 Å². The van der Waals surface area contributed by atoms with Gasteiger partial charge in [0.15, 0.2) is 5.96 Å². The monoisotopic (exact) mass is 503 g/mol. The summed E-state index contributed by atoms with van der Waals surface area (Å²) in [7, 11) is 5.66. The first-order valence-electron chi connectivity index (χ1n) is 8.39. The molecule has 27 heavy (non-hydrogen) atoms. The number of nitrogens with one attached hydrogen (secondary N) is 2. The summed E-state index contributed by atoms with van der Waals surface area (Å²) in [5.74, 6) is -0.503. The molecule has 1 aliphatic rings. The lowest BCUT2D eigenvalue weighted by atomic mass is 10.1. The molecule has 1 saturated heterocycles. The van der Waals surface area contributed by atoms with E-state index in [4.69, 9.17) is 0 Å². The standard InChI is InChI=1S/C17H25F4N5.HI/c1-22-16(24-10-14-11-25(2)6-7-26(14)3)23-9-12-4-5-13(18)8-15(12)17(19,20)21;/h4-5,8,14H,6-7,9-11H2,1-3H3,(H2,22,23,24);1H. The van der Waals surface area contributed by atoms with Crippen molar-refractivity contribution in [1.29, 1.82) is 0 Å². The summed E-state index contributed by atoms with van der Waals surface area (Å²) in [5.41, 5.74) is -1.01. The van der Waals surface area contributed by atoms with E-state index in [1.54, 1.807) is 7.05 Å². The Kier molecular flexibility index (Phi) is 9.22. The van der Waals surface area contributed by atoms with Crippen molar-refractivity contribution in [2.75, 3.05) is 47.3 Å². The second kappa shape index (κ2) is 10.4. The van der Waals surface area contributed by atoms with Crippen molar-refractivity contribution in [3.05, 3.63) is 35.1 Å². The number of piperazine rings is 1. The lowest BCUT2D eigenvalue weighted by Crippen LogP contribution is -2.55. The maximum atomic E-state index is 13.2. The van der Waals surface area contributed by atoms with E-state index in [1.165, 1.54) is 0 Å². The zero-order valence-corrected chi connectivity index (χ0v) is 17.9. The van der Waals surface area contributed by atoms with E-state index in [0.717, 1.165) is 31.8 Å². The molecule has 0 radical (unpaired) electrons. The third-order valence-electron chi connectivity index (χ3n) is 4.53. The summed E-state index contributed by atoms with van der Waals surface area (Å²) < 4.78 is 52.3. The minimum absolute atomic E-state index is 0.